The van der Waals surface area contributed by atoms with Crippen molar-refractivity contribution < 1.29 is 13.2 Å². The molecule has 29 heavy (non-hydrogen) atoms. The van der Waals surface area contributed by atoms with Gasteiger partial charge in [0.1, 0.15) is 0 Å². The maximum absolute atomic E-state index is 12.9. The summed E-state index contributed by atoms with van der Waals surface area (Å²) in [6.07, 6.45) is 5.08. The van der Waals surface area contributed by atoms with Crippen molar-refractivity contribution in [2.45, 2.75) is 37.0 Å². The minimum absolute atomic E-state index is 0.0682. The van der Waals surface area contributed by atoms with Gasteiger partial charge in [-0.15, -0.1) is 0 Å². The fourth-order valence-electron chi connectivity index (χ4n) is 4.15. The van der Waals surface area contributed by atoms with Gasteiger partial charge in [0, 0.05) is 30.7 Å². The minimum Gasteiger partial charge on any atom is -0.340 e. The summed E-state index contributed by atoms with van der Waals surface area (Å²) in [7, 11) is -3.56. The number of sulfonamides is 1. The third-order valence-electron chi connectivity index (χ3n) is 5.81. The molecule has 0 unspecified atom stereocenters. The van der Waals surface area contributed by atoms with Crippen molar-refractivity contribution in [3.63, 3.8) is 0 Å². The number of aryl methyl sites for hydroxylation is 2. The molecule has 0 bridgehead atoms. The van der Waals surface area contributed by atoms with Crippen molar-refractivity contribution in [1.29, 1.82) is 0 Å². The predicted molar refractivity (Wildman–Crippen MR) is 116 cm³/mol. The first-order valence-corrected chi connectivity index (χ1v) is 12.3. The number of carbonyl (C=O) groups is 1. The number of rotatable bonds is 4. The number of benzene rings is 2. The number of hydrogen-bond donors (Lipinski definition) is 0. The van der Waals surface area contributed by atoms with Crippen LogP contribution in [-0.4, -0.2) is 49.7 Å². The second-order valence-electron chi connectivity index (χ2n) is 7.70. The number of nitrogens with zero attached hydrogens (tertiary/aromatic N) is 2. The summed E-state index contributed by atoms with van der Waals surface area (Å²) in [5, 5.41) is 0. The smallest absolute Gasteiger partial charge is 0.244 e. The molecular weight excluding hydrogens is 452 g/mol. The van der Waals surface area contributed by atoms with Gasteiger partial charge in [0.25, 0.3) is 0 Å². The Bertz CT molecular complexity index is 1010. The Labute approximate surface area is 180 Å². The first-order valence-electron chi connectivity index (χ1n) is 10.1. The Morgan fingerprint density at radius 1 is 0.931 bits per heavy atom. The zero-order valence-electron chi connectivity index (χ0n) is 16.3. The van der Waals surface area contributed by atoms with Crippen LogP contribution in [0.3, 0.4) is 0 Å². The highest BCUT2D eigenvalue weighted by Crippen LogP contribution is 2.26. The largest absolute Gasteiger partial charge is 0.340 e. The molecular formula is C22H25BrN2O3S. The van der Waals surface area contributed by atoms with E-state index in [1.165, 1.54) is 28.3 Å². The first kappa shape index (κ1) is 20.6. The molecule has 2 aromatic carbocycles. The summed E-state index contributed by atoms with van der Waals surface area (Å²) in [5.41, 5.74) is 3.85. The van der Waals surface area contributed by atoms with Gasteiger partial charge in [-0.25, -0.2) is 8.42 Å². The summed E-state index contributed by atoms with van der Waals surface area (Å²) in [6.45, 7) is 1.49. The molecule has 0 aromatic heterocycles. The molecule has 1 saturated heterocycles. The molecule has 0 atom stereocenters. The first-order chi connectivity index (χ1) is 13.9. The van der Waals surface area contributed by atoms with Crippen LogP contribution in [0.4, 0.5) is 0 Å². The zero-order valence-corrected chi connectivity index (χ0v) is 18.7. The maximum atomic E-state index is 12.9. The van der Waals surface area contributed by atoms with Crippen LogP contribution in [0.5, 0.6) is 0 Å². The van der Waals surface area contributed by atoms with E-state index in [1.54, 1.807) is 29.2 Å². The molecule has 1 aliphatic heterocycles. The van der Waals surface area contributed by atoms with Crippen LogP contribution in [0.15, 0.2) is 51.8 Å². The Balaban J connectivity index is 1.38. The van der Waals surface area contributed by atoms with E-state index in [9.17, 15) is 13.2 Å². The van der Waals surface area contributed by atoms with Crippen molar-refractivity contribution in [1.82, 2.24) is 9.21 Å². The SMILES string of the molecule is O=C(Cc1ccc2c(c1)CCCC2)N1CCN(S(=O)(=O)c2ccccc2Br)CC1. The third kappa shape index (κ3) is 4.42. The summed E-state index contributed by atoms with van der Waals surface area (Å²) in [5.74, 6) is 0.0682. The number of fused-ring (bicyclic) bond motifs is 1. The van der Waals surface area contributed by atoms with Crippen LogP contribution in [0.2, 0.25) is 0 Å². The van der Waals surface area contributed by atoms with E-state index in [-0.39, 0.29) is 10.8 Å². The molecule has 1 heterocycles. The molecule has 1 fully saturated rings. The lowest BCUT2D eigenvalue weighted by Crippen LogP contribution is -2.50. The standard InChI is InChI=1S/C22H25BrN2O3S/c23-20-7-3-4-8-21(20)29(27,28)25-13-11-24(12-14-25)22(26)16-17-9-10-18-5-1-2-6-19(18)15-17/h3-4,7-10,15H,1-2,5-6,11-14,16H2. The second kappa shape index (κ2) is 8.58. The van der Waals surface area contributed by atoms with Gasteiger partial charge < -0.3 is 4.90 Å². The predicted octanol–water partition coefficient (Wildman–Crippen LogP) is 3.40. The van der Waals surface area contributed by atoms with Crippen molar-refractivity contribution in [3.05, 3.63) is 63.6 Å². The van der Waals surface area contributed by atoms with Crippen LogP contribution in [0.25, 0.3) is 0 Å². The van der Waals surface area contributed by atoms with Gasteiger partial charge in [-0.3, -0.25) is 4.79 Å². The van der Waals surface area contributed by atoms with Gasteiger partial charge in [0.2, 0.25) is 15.9 Å². The molecule has 7 heteroatoms. The van der Waals surface area contributed by atoms with Gasteiger partial charge in [-0.2, -0.15) is 4.31 Å². The van der Waals surface area contributed by atoms with Gasteiger partial charge in [0.15, 0.2) is 0 Å². The fraction of sp³-hybridized carbons (Fsp3) is 0.409. The van der Waals surface area contributed by atoms with Crippen molar-refractivity contribution in [2.24, 2.45) is 0 Å². The van der Waals surface area contributed by atoms with Crippen LogP contribution in [0, 0.1) is 0 Å². The van der Waals surface area contributed by atoms with Crippen LogP contribution in [0.1, 0.15) is 29.5 Å². The van der Waals surface area contributed by atoms with Crippen molar-refractivity contribution >= 4 is 31.9 Å². The second-order valence-corrected chi connectivity index (χ2v) is 10.5. The highest BCUT2D eigenvalue weighted by atomic mass is 79.9. The Morgan fingerprint density at radius 3 is 2.34 bits per heavy atom. The van der Waals surface area contributed by atoms with Gasteiger partial charge >= 0.3 is 0 Å². The molecule has 154 valence electrons. The fourth-order valence-corrected chi connectivity index (χ4v) is 6.54. The summed E-state index contributed by atoms with van der Waals surface area (Å²) in [6, 6.07) is 13.3. The number of carbonyl (C=O) groups excluding carboxylic acids is 1. The lowest BCUT2D eigenvalue weighted by atomic mass is 9.90. The number of hydrogen-bond acceptors (Lipinski definition) is 3. The Morgan fingerprint density at radius 2 is 1.62 bits per heavy atom. The molecule has 0 spiro atoms. The average molecular weight is 477 g/mol. The highest BCUT2D eigenvalue weighted by molar-refractivity contribution is 9.10. The van der Waals surface area contributed by atoms with E-state index < -0.39 is 10.0 Å². The third-order valence-corrected chi connectivity index (χ3v) is 8.72. The molecule has 0 N–H and O–H groups in total. The average Bonchev–Trinajstić information content (AvgIpc) is 2.74. The maximum Gasteiger partial charge on any atom is 0.244 e. The highest BCUT2D eigenvalue weighted by Gasteiger charge is 2.31. The van der Waals surface area contributed by atoms with E-state index in [1.807, 2.05) is 0 Å². The van der Waals surface area contributed by atoms with Gasteiger partial charge in [0.05, 0.1) is 11.3 Å². The van der Waals surface area contributed by atoms with E-state index in [4.69, 9.17) is 0 Å². The van der Waals surface area contributed by atoms with E-state index in [2.05, 4.69) is 34.1 Å². The van der Waals surface area contributed by atoms with Crippen LogP contribution in [-0.2, 0) is 34.1 Å². The van der Waals surface area contributed by atoms with E-state index in [0.717, 1.165) is 18.4 Å². The molecule has 5 nitrogen and oxygen atoms in total. The number of halogens is 1. The Kier molecular flexibility index (Phi) is 6.08. The van der Waals surface area contributed by atoms with E-state index in [0.29, 0.717) is 37.1 Å². The molecule has 0 radical (unpaired) electrons. The molecule has 0 saturated carbocycles. The van der Waals surface area contributed by atoms with Crippen LogP contribution < -0.4 is 0 Å². The molecule has 2 aromatic rings. The topological polar surface area (TPSA) is 57.7 Å². The molecule has 1 amide bonds. The van der Waals surface area contributed by atoms with Gasteiger partial charge in [-0.1, -0.05) is 30.3 Å². The summed E-state index contributed by atoms with van der Waals surface area (Å²) in [4.78, 5) is 14.8. The molecule has 1 aliphatic carbocycles. The zero-order chi connectivity index (χ0) is 20.4. The van der Waals surface area contributed by atoms with Gasteiger partial charge in [-0.05, 0) is 70.4 Å². The van der Waals surface area contributed by atoms with Crippen molar-refractivity contribution in [2.75, 3.05) is 26.2 Å². The molecule has 2 aliphatic rings. The number of piperazine rings is 1. The summed E-state index contributed by atoms with van der Waals surface area (Å²) >= 11 is 3.33. The normalized spacial score (nSPS) is 17.8. The number of amides is 1. The summed E-state index contributed by atoms with van der Waals surface area (Å²) < 4.78 is 27.8. The van der Waals surface area contributed by atoms with Crippen LogP contribution >= 0.6 is 15.9 Å². The molecule has 4 rings (SSSR count). The monoisotopic (exact) mass is 476 g/mol. The van der Waals surface area contributed by atoms with E-state index >= 15 is 0 Å². The minimum atomic E-state index is -3.56. The Hall–Kier alpha value is -1.70. The van der Waals surface area contributed by atoms with Crippen molar-refractivity contribution in [3.8, 4) is 0 Å². The quantitative estimate of drug-likeness (QED) is 0.679. The lowest BCUT2D eigenvalue weighted by Gasteiger charge is -2.34. The lowest BCUT2D eigenvalue weighted by molar-refractivity contribution is -0.131.